The summed E-state index contributed by atoms with van der Waals surface area (Å²) in [5.74, 6) is 2.51. The minimum atomic E-state index is -0.772. The van der Waals surface area contributed by atoms with Crippen LogP contribution in [-0.2, 0) is 0 Å². The van der Waals surface area contributed by atoms with E-state index in [1.165, 1.54) is 0 Å². The maximum absolute atomic E-state index is 10.0. The molecule has 0 bridgehead atoms. The highest BCUT2D eigenvalue weighted by atomic mass is 16.5. The zero-order valence-electron chi connectivity index (χ0n) is 16.6. The molecule has 6 heteroatoms. The molecule has 0 saturated carbocycles. The summed E-state index contributed by atoms with van der Waals surface area (Å²) >= 11 is 0. The van der Waals surface area contributed by atoms with Crippen molar-refractivity contribution < 1.29 is 29.2 Å². The Kier molecular flexibility index (Phi) is 8.38. The summed E-state index contributed by atoms with van der Waals surface area (Å²) in [5, 5.41) is 20.1. The largest absolute Gasteiger partial charge is 0.491 e. The first-order valence-corrected chi connectivity index (χ1v) is 9.76. The lowest BCUT2D eigenvalue weighted by molar-refractivity contribution is 0.0601. The Bertz CT molecular complexity index is 787. The van der Waals surface area contributed by atoms with Crippen LogP contribution < -0.4 is 18.9 Å². The van der Waals surface area contributed by atoms with Crippen molar-refractivity contribution in [1.29, 1.82) is 0 Å². The number of aliphatic hydroxyl groups excluding tert-OH is 2. The van der Waals surface area contributed by atoms with Gasteiger partial charge in [-0.25, -0.2) is 0 Å². The summed E-state index contributed by atoms with van der Waals surface area (Å²) in [4.78, 5) is 0. The minimum absolute atomic E-state index is 0.0871. The lowest BCUT2D eigenvalue weighted by Crippen LogP contribution is -2.25. The summed E-state index contributed by atoms with van der Waals surface area (Å²) in [6.07, 6.45) is -1.54. The van der Waals surface area contributed by atoms with E-state index >= 15 is 0 Å². The van der Waals surface area contributed by atoms with E-state index in [-0.39, 0.29) is 26.4 Å². The second kappa shape index (κ2) is 11.7. The van der Waals surface area contributed by atoms with E-state index in [0.717, 1.165) is 0 Å². The van der Waals surface area contributed by atoms with Gasteiger partial charge in [-0.3, -0.25) is 0 Å². The Balaban J connectivity index is 1.37. The van der Waals surface area contributed by atoms with E-state index in [1.807, 2.05) is 60.7 Å². The zero-order chi connectivity index (χ0) is 21.0. The molecular formula is C24H26O6. The molecule has 30 heavy (non-hydrogen) atoms. The fourth-order valence-electron chi connectivity index (χ4n) is 2.55. The summed E-state index contributed by atoms with van der Waals surface area (Å²) in [6, 6.07) is 25.6. The van der Waals surface area contributed by atoms with Gasteiger partial charge in [-0.2, -0.15) is 0 Å². The van der Waals surface area contributed by atoms with Gasteiger partial charge in [0.1, 0.15) is 61.6 Å². The maximum atomic E-state index is 10.0. The first-order chi connectivity index (χ1) is 14.7. The average molecular weight is 410 g/mol. The SMILES string of the molecule is OC(COc1ccccc1)COc1cccc(OCC(O)COc2ccccc2)c1. The molecule has 2 N–H and O–H groups in total. The molecule has 2 atom stereocenters. The standard InChI is InChI=1S/C24H26O6/c25-19(15-27-21-8-3-1-4-9-21)17-29-23-12-7-13-24(14-23)30-18-20(26)16-28-22-10-5-2-6-11-22/h1-14,19-20,25-26H,15-18H2. The molecule has 0 aliphatic heterocycles. The molecule has 0 aliphatic rings. The van der Waals surface area contributed by atoms with Crippen LogP contribution in [0.4, 0.5) is 0 Å². The van der Waals surface area contributed by atoms with E-state index in [4.69, 9.17) is 18.9 Å². The number of rotatable bonds is 12. The topological polar surface area (TPSA) is 77.4 Å². The van der Waals surface area contributed by atoms with Crippen LogP contribution in [0.1, 0.15) is 0 Å². The first-order valence-electron chi connectivity index (χ1n) is 9.76. The Morgan fingerprint density at radius 3 is 1.20 bits per heavy atom. The van der Waals surface area contributed by atoms with Gasteiger partial charge in [-0.1, -0.05) is 42.5 Å². The average Bonchev–Trinajstić information content (AvgIpc) is 2.80. The highest BCUT2D eigenvalue weighted by molar-refractivity contribution is 5.33. The number of para-hydroxylation sites is 2. The molecular weight excluding hydrogens is 384 g/mol. The summed E-state index contributed by atoms with van der Waals surface area (Å²) < 4.78 is 22.2. The Morgan fingerprint density at radius 2 is 0.800 bits per heavy atom. The van der Waals surface area contributed by atoms with Gasteiger partial charge in [0, 0.05) is 6.07 Å². The predicted molar refractivity (Wildman–Crippen MR) is 113 cm³/mol. The van der Waals surface area contributed by atoms with E-state index in [0.29, 0.717) is 23.0 Å². The number of ether oxygens (including phenoxy) is 4. The Hall–Kier alpha value is -3.22. The van der Waals surface area contributed by atoms with Crippen LogP contribution in [0, 0.1) is 0 Å². The van der Waals surface area contributed by atoms with Crippen molar-refractivity contribution in [3.8, 4) is 23.0 Å². The molecule has 0 spiro atoms. The van der Waals surface area contributed by atoms with Crippen molar-refractivity contribution in [2.75, 3.05) is 26.4 Å². The molecule has 2 unspecified atom stereocenters. The van der Waals surface area contributed by atoms with Gasteiger partial charge < -0.3 is 29.2 Å². The monoisotopic (exact) mass is 410 g/mol. The van der Waals surface area contributed by atoms with Crippen LogP contribution in [0.2, 0.25) is 0 Å². The number of benzene rings is 3. The van der Waals surface area contributed by atoms with Crippen LogP contribution in [-0.4, -0.2) is 48.8 Å². The molecule has 3 aromatic rings. The zero-order valence-corrected chi connectivity index (χ0v) is 16.6. The molecule has 0 aromatic heterocycles. The van der Waals surface area contributed by atoms with Crippen molar-refractivity contribution in [1.82, 2.24) is 0 Å². The minimum Gasteiger partial charge on any atom is -0.491 e. The third-order valence-corrected chi connectivity index (χ3v) is 4.06. The molecule has 0 amide bonds. The normalized spacial score (nSPS) is 12.6. The predicted octanol–water partition coefficient (Wildman–Crippen LogP) is 3.32. The van der Waals surface area contributed by atoms with Crippen LogP contribution in [0.15, 0.2) is 84.9 Å². The molecule has 3 aromatic carbocycles. The van der Waals surface area contributed by atoms with Gasteiger partial charge in [-0.15, -0.1) is 0 Å². The summed E-state index contributed by atoms with van der Waals surface area (Å²) in [7, 11) is 0. The highest BCUT2D eigenvalue weighted by Gasteiger charge is 2.09. The van der Waals surface area contributed by atoms with Gasteiger partial charge in [0.15, 0.2) is 0 Å². The van der Waals surface area contributed by atoms with E-state index in [1.54, 1.807) is 24.3 Å². The maximum Gasteiger partial charge on any atom is 0.123 e. The molecule has 158 valence electrons. The molecule has 0 saturated heterocycles. The van der Waals surface area contributed by atoms with E-state index in [9.17, 15) is 10.2 Å². The summed E-state index contributed by atoms with van der Waals surface area (Å²) in [5.41, 5.74) is 0. The fraction of sp³-hybridized carbons (Fsp3) is 0.250. The Morgan fingerprint density at radius 1 is 0.467 bits per heavy atom. The Labute approximate surface area is 176 Å². The molecule has 3 rings (SSSR count). The second-order valence-electron chi connectivity index (χ2n) is 6.65. The number of aliphatic hydroxyl groups is 2. The van der Waals surface area contributed by atoms with Crippen LogP contribution in [0.5, 0.6) is 23.0 Å². The van der Waals surface area contributed by atoms with Crippen LogP contribution >= 0.6 is 0 Å². The van der Waals surface area contributed by atoms with Crippen molar-refractivity contribution in [2.45, 2.75) is 12.2 Å². The van der Waals surface area contributed by atoms with Crippen molar-refractivity contribution in [3.05, 3.63) is 84.9 Å². The molecule has 0 fully saturated rings. The number of hydrogen-bond donors (Lipinski definition) is 2. The third-order valence-electron chi connectivity index (χ3n) is 4.06. The second-order valence-corrected chi connectivity index (χ2v) is 6.65. The van der Waals surface area contributed by atoms with Gasteiger partial charge in [-0.05, 0) is 36.4 Å². The van der Waals surface area contributed by atoms with Crippen LogP contribution in [0.3, 0.4) is 0 Å². The van der Waals surface area contributed by atoms with E-state index < -0.39 is 12.2 Å². The lowest BCUT2D eigenvalue weighted by atomic mass is 10.3. The number of hydrogen-bond acceptors (Lipinski definition) is 6. The van der Waals surface area contributed by atoms with Crippen molar-refractivity contribution in [3.63, 3.8) is 0 Å². The lowest BCUT2D eigenvalue weighted by Gasteiger charge is -2.15. The van der Waals surface area contributed by atoms with Gasteiger partial charge in [0.2, 0.25) is 0 Å². The van der Waals surface area contributed by atoms with Gasteiger partial charge in [0.25, 0.3) is 0 Å². The van der Waals surface area contributed by atoms with Gasteiger partial charge >= 0.3 is 0 Å². The first kappa shape index (κ1) is 21.5. The molecule has 0 radical (unpaired) electrons. The van der Waals surface area contributed by atoms with E-state index in [2.05, 4.69) is 0 Å². The van der Waals surface area contributed by atoms with Crippen molar-refractivity contribution >= 4 is 0 Å². The third kappa shape index (κ3) is 7.66. The van der Waals surface area contributed by atoms with Crippen molar-refractivity contribution in [2.24, 2.45) is 0 Å². The molecule has 0 aliphatic carbocycles. The quantitative estimate of drug-likeness (QED) is 0.477. The van der Waals surface area contributed by atoms with Gasteiger partial charge in [0.05, 0.1) is 0 Å². The smallest absolute Gasteiger partial charge is 0.123 e. The highest BCUT2D eigenvalue weighted by Crippen LogP contribution is 2.20. The van der Waals surface area contributed by atoms with Crippen LogP contribution in [0.25, 0.3) is 0 Å². The molecule has 6 nitrogen and oxygen atoms in total. The summed E-state index contributed by atoms with van der Waals surface area (Å²) in [6.45, 7) is 0.440. The fourth-order valence-corrected chi connectivity index (χ4v) is 2.55. The molecule has 0 heterocycles.